The van der Waals surface area contributed by atoms with E-state index in [-0.39, 0.29) is 0 Å². The predicted octanol–water partition coefficient (Wildman–Crippen LogP) is 8.34. The van der Waals surface area contributed by atoms with Crippen LogP contribution in [0, 0.1) is 41.5 Å². The zero-order valence-corrected chi connectivity index (χ0v) is 20.8. The van der Waals surface area contributed by atoms with E-state index in [2.05, 4.69) is 90.1 Å². The van der Waals surface area contributed by atoms with Gasteiger partial charge < -0.3 is 0 Å². The van der Waals surface area contributed by atoms with Crippen molar-refractivity contribution >= 4 is 38.6 Å². The molecule has 0 aliphatic heterocycles. The average Bonchev–Trinajstić information content (AvgIpc) is 3.10. The van der Waals surface area contributed by atoms with Gasteiger partial charge in [-0.25, -0.2) is 0 Å². The third-order valence-corrected chi connectivity index (χ3v) is 4.93. The summed E-state index contributed by atoms with van der Waals surface area (Å²) in [6.07, 6.45) is 0. The first-order valence-corrected chi connectivity index (χ1v) is 15.3. The quantitative estimate of drug-likeness (QED) is 0.224. The van der Waals surface area contributed by atoms with E-state index in [9.17, 15) is 0 Å². The van der Waals surface area contributed by atoms with Gasteiger partial charge in [-0.05, 0) is 27.7 Å². The summed E-state index contributed by atoms with van der Waals surface area (Å²) in [4.78, 5) is 0. The Morgan fingerprint density at radius 1 is 0.556 bits per heavy atom. The van der Waals surface area contributed by atoms with Crippen LogP contribution in [0.5, 0.6) is 0 Å². The zero-order chi connectivity index (χ0) is 20.1. The Kier molecular flexibility index (Phi) is 8.35. The van der Waals surface area contributed by atoms with Gasteiger partial charge in [0.25, 0.3) is 0 Å². The van der Waals surface area contributed by atoms with Crippen molar-refractivity contribution in [3.05, 3.63) is 81.9 Å². The second-order valence-corrected chi connectivity index (χ2v) is 11.0. The van der Waals surface area contributed by atoms with Gasteiger partial charge in [0, 0.05) is 0 Å². The molecular formula is C24H26Cl2Zr. The van der Waals surface area contributed by atoms with Crippen molar-refractivity contribution in [3.8, 4) is 0 Å². The van der Waals surface area contributed by atoms with E-state index in [1.165, 1.54) is 54.9 Å². The minimum absolute atomic E-state index is 0.826. The predicted molar refractivity (Wildman–Crippen MR) is 119 cm³/mol. The van der Waals surface area contributed by atoms with Gasteiger partial charge in [0.15, 0.2) is 0 Å². The van der Waals surface area contributed by atoms with Crippen LogP contribution in [0.4, 0.5) is 0 Å². The Bertz CT molecular complexity index is 876. The van der Waals surface area contributed by atoms with Crippen LogP contribution in [-0.2, 0) is 20.8 Å². The van der Waals surface area contributed by atoms with Crippen LogP contribution in [0.3, 0.4) is 0 Å². The van der Waals surface area contributed by atoms with Crippen LogP contribution in [-0.4, -0.2) is 0 Å². The molecule has 0 nitrogen and oxygen atoms in total. The van der Waals surface area contributed by atoms with Crippen LogP contribution in [0.2, 0.25) is 0 Å². The monoisotopic (exact) mass is 474 g/mol. The number of hydrogen-bond donors (Lipinski definition) is 0. The summed E-state index contributed by atoms with van der Waals surface area (Å²) in [5, 5.41) is 5.48. The summed E-state index contributed by atoms with van der Waals surface area (Å²) in [5.41, 5.74) is 8.24. The molecule has 0 heterocycles. The van der Waals surface area contributed by atoms with E-state index in [4.69, 9.17) is 17.0 Å². The van der Waals surface area contributed by atoms with Gasteiger partial charge in [-0.3, -0.25) is 0 Å². The fraction of sp³-hybridized carbons (Fsp3) is 0.250. The maximum atomic E-state index is 4.93. The molecule has 0 N–H and O–H groups in total. The molecule has 0 amide bonds. The van der Waals surface area contributed by atoms with Crippen molar-refractivity contribution < 1.29 is 20.8 Å². The van der Waals surface area contributed by atoms with Gasteiger partial charge in [-0.2, -0.15) is 12.1 Å². The average molecular weight is 477 g/mol. The van der Waals surface area contributed by atoms with Crippen molar-refractivity contribution in [2.45, 2.75) is 41.5 Å². The number of hydrogen-bond acceptors (Lipinski definition) is 0. The Labute approximate surface area is 181 Å². The molecule has 0 bridgehead atoms. The van der Waals surface area contributed by atoms with Crippen molar-refractivity contribution in [2.24, 2.45) is 0 Å². The Morgan fingerprint density at radius 3 is 1.19 bits per heavy atom. The van der Waals surface area contributed by atoms with E-state index >= 15 is 0 Å². The van der Waals surface area contributed by atoms with Crippen LogP contribution >= 0.6 is 17.0 Å². The van der Waals surface area contributed by atoms with E-state index in [0.717, 1.165) is 0 Å². The van der Waals surface area contributed by atoms with Crippen LogP contribution < -0.4 is 0 Å². The first-order chi connectivity index (χ1) is 12.7. The molecule has 3 heteroatoms. The van der Waals surface area contributed by atoms with E-state index in [0.29, 0.717) is 0 Å². The third kappa shape index (κ3) is 6.05. The Morgan fingerprint density at radius 2 is 0.852 bits per heavy atom. The minimum atomic E-state index is -0.826. The molecule has 0 unspecified atom stereocenters. The number of aryl methyl sites for hydroxylation is 6. The second kappa shape index (κ2) is 10.1. The fourth-order valence-electron chi connectivity index (χ4n) is 3.29. The molecule has 0 aliphatic carbocycles. The van der Waals surface area contributed by atoms with E-state index in [1.807, 2.05) is 0 Å². The fourth-order valence-corrected chi connectivity index (χ4v) is 3.29. The summed E-state index contributed by atoms with van der Waals surface area (Å²) in [7, 11) is 9.87. The van der Waals surface area contributed by atoms with Gasteiger partial charge in [-0.15, -0.1) is 69.1 Å². The van der Waals surface area contributed by atoms with Crippen molar-refractivity contribution in [2.75, 3.05) is 0 Å². The van der Waals surface area contributed by atoms with Gasteiger partial charge in [0.05, 0.1) is 0 Å². The first-order valence-electron chi connectivity index (χ1n) is 9.00. The Hall–Kier alpha value is -0.877. The summed E-state index contributed by atoms with van der Waals surface area (Å²) < 4.78 is 0. The molecule has 0 spiro atoms. The van der Waals surface area contributed by atoms with Crippen LogP contribution in [0.25, 0.3) is 21.5 Å². The molecule has 0 saturated heterocycles. The summed E-state index contributed by atoms with van der Waals surface area (Å²) in [6, 6.07) is 18.0. The van der Waals surface area contributed by atoms with Gasteiger partial charge in [0.1, 0.15) is 0 Å². The second-order valence-electron chi connectivity index (χ2n) is 7.27. The van der Waals surface area contributed by atoms with Crippen molar-refractivity contribution in [1.29, 1.82) is 0 Å². The summed E-state index contributed by atoms with van der Waals surface area (Å²) >= 11 is -0.826. The molecule has 4 aromatic carbocycles. The number of halogens is 2. The molecular weight excluding hydrogens is 450 g/mol. The normalized spacial score (nSPS) is 10.1. The van der Waals surface area contributed by atoms with E-state index in [1.54, 1.807) is 0 Å². The number of rotatable bonds is 0. The van der Waals surface area contributed by atoms with Gasteiger partial charge >= 0.3 is 37.9 Å². The van der Waals surface area contributed by atoms with Crippen molar-refractivity contribution in [1.82, 2.24) is 0 Å². The van der Waals surface area contributed by atoms with Gasteiger partial charge in [-0.1, -0.05) is 36.1 Å². The SMILES string of the molecule is Cc1cc2cc(C)c(C)cc2[cH-]1.Cc1cc2cc(C)c(C)cc2[cH-]1.[Cl][Zr+2][Cl]. The maximum absolute atomic E-state index is 4.93. The van der Waals surface area contributed by atoms with Crippen LogP contribution in [0.15, 0.2) is 48.5 Å². The van der Waals surface area contributed by atoms with Crippen molar-refractivity contribution in [3.63, 3.8) is 0 Å². The van der Waals surface area contributed by atoms with Crippen LogP contribution in [0.1, 0.15) is 33.4 Å². The first kappa shape index (κ1) is 22.4. The molecule has 140 valence electrons. The molecule has 27 heavy (non-hydrogen) atoms. The van der Waals surface area contributed by atoms with Gasteiger partial charge in [0.2, 0.25) is 0 Å². The zero-order valence-electron chi connectivity index (χ0n) is 16.9. The summed E-state index contributed by atoms with van der Waals surface area (Å²) in [5.74, 6) is 0. The summed E-state index contributed by atoms with van der Waals surface area (Å²) in [6.45, 7) is 12.9. The molecule has 0 saturated carbocycles. The Balaban J connectivity index is 0.000000170. The molecule has 0 radical (unpaired) electrons. The molecule has 0 fully saturated rings. The number of benzene rings is 2. The van der Waals surface area contributed by atoms with E-state index < -0.39 is 20.8 Å². The molecule has 0 atom stereocenters. The standard InChI is InChI=1S/2C12H13.2ClH.Zr/c2*1-8-4-11-6-9(2)10(3)7-12(11)5-8;;;/h2*4-7H,1-3H3;2*1H;/q2*-1;;;+4/p-2. The molecule has 4 rings (SSSR count). The molecule has 4 aromatic rings. The molecule has 0 aliphatic rings. The third-order valence-electron chi connectivity index (χ3n) is 4.93. The topological polar surface area (TPSA) is 0 Å². The number of fused-ring (bicyclic) bond motifs is 2. The molecule has 0 aromatic heterocycles.